The summed E-state index contributed by atoms with van der Waals surface area (Å²) in [5.74, 6) is -0.0218. The van der Waals surface area contributed by atoms with Gasteiger partial charge in [0.05, 0.1) is 5.41 Å². The third-order valence-electron chi connectivity index (χ3n) is 5.68. The Morgan fingerprint density at radius 3 is 2.46 bits per heavy atom. The van der Waals surface area contributed by atoms with Crippen LogP contribution in [-0.4, -0.2) is 37.0 Å². The van der Waals surface area contributed by atoms with Crippen LogP contribution in [0.4, 0.5) is 4.39 Å². The van der Waals surface area contributed by atoms with Gasteiger partial charge in [-0.05, 0) is 50.4 Å². The molecule has 1 aromatic rings. The maximum Gasteiger partial charge on any atom is 0.233 e. The van der Waals surface area contributed by atoms with Crippen LogP contribution in [0.25, 0.3) is 0 Å². The summed E-state index contributed by atoms with van der Waals surface area (Å²) in [6.45, 7) is 1.61. The number of hydrogen-bond donors (Lipinski definition) is 1. The quantitative estimate of drug-likeness (QED) is 0.898. The molecule has 0 unspecified atom stereocenters. The van der Waals surface area contributed by atoms with E-state index in [1.807, 2.05) is 18.0 Å². The zero-order valence-corrected chi connectivity index (χ0v) is 15.2. The molecule has 5 heteroatoms. The van der Waals surface area contributed by atoms with E-state index in [0.717, 1.165) is 57.2 Å². The van der Waals surface area contributed by atoms with Gasteiger partial charge >= 0.3 is 0 Å². The van der Waals surface area contributed by atoms with E-state index in [2.05, 4.69) is 5.32 Å². The highest BCUT2D eigenvalue weighted by Gasteiger charge is 2.44. The molecule has 0 spiro atoms. The number of piperidine rings is 1. The van der Waals surface area contributed by atoms with Crippen LogP contribution < -0.4 is 5.32 Å². The summed E-state index contributed by atoms with van der Waals surface area (Å²) < 4.78 is 13.8. The van der Waals surface area contributed by atoms with E-state index in [1.165, 1.54) is 12.5 Å². The number of likely N-dealkylation sites (tertiary alicyclic amines) is 1. The second-order valence-corrected chi connectivity index (χ2v) is 7.01. The Morgan fingerprint density at radius 1 is 1.21 bits per heavy atom. The number of carbonyl (C=O) groups excluding carboxylic acids is 1. The molecule has 0 atom stereocenters. The molecule has 0 bridgehead atoms. The maximum atomic E-state index is 13.8. The molecule has 134 valence electrons. The molecule has 1 N–H and O–H groups in total. The van der Waals surface area contributed by atoms with Gasteiger partial charge in [-0.2, -0.15) is 0 Å². The summed E-state index contributed by atoms with van der Waals surface area (Å²) >= 11 is 0. The van der Waals surface area contributed by atoms with E-state index in [1.54, 1.807) is 12.1 Å². The third kappa shape index (κ3) is 3.75. The maximum absolute atomic E-state index is 13.8. The zero-order chi connectivity index (χ0) is 16.3. The number of nitrogens with zero attached hydrogens (tertiary/aromatic N) is 1. The first-order chi connectivity index (χ1) is 11.2. The van der Waals surface area contributed by atoms with Crippen molar-refractivity contribution in [2.75, 3.05) is 20.1 Å². The largest absolute Gasteiger partial charge is 0.342 e. The van der Waals surface area contributed by atoms with Gasteiger partial charge in [-0.1, -0.05) is 31.4 Å². The number of hydrogen-bond acceptors (Lipinski definition) is 2. The van der Waals surface area contributed by atoms with E-state index in [-0.39, 0.29) is 24.1 Å². The van der Waals surface area contributed by atoms with Gasteiger partial charge in [0.2, 0.25) is 5.91 Å². The number of halogens is 2. The minimum absolute atomic E-state index is 0. The fourth-order valence-corrected chi connectivity index (χ4v) is 4.24. The molecular weight excluding hydrogens is 327 g/mol. The van der Waals surface area contributed by atoms with Crippen molar-refractivity contribution in [3.63, 3.8) is 0 Å². The van der Waals surface area contributed by atoms with Crippen LogP contribution in [0.2, 0.25) is 0 Å². The molecule has 1 saturated heterocycles. The molecule has 1 heterocycles. The zero-order valence-electron chi connectivity index (χ0n) is 14.4. The summed E-state index contributed by atoms with van der Waals surface area (Å²) in [6, 6.07) is 7.22. The highest BCUT2D eigenvalue weighted by molar-refractivity contribution is 5.88. The fourth-order valence-electron chi connectivity index (χ4n) is 4.24. The lowest BCUT2D eigenvalue weighted by Gasteiger charge is -2.42. The van der Waals surface area contributed by atoms with Gasteiger partial charge in [0.15, 0.2) is 0 Å². The van der Waals surface area contributed by atoms with Crippen LogP contribution in [0.1, 0.15) is 50.5 Å². The first-order valence-corrected chi connectivity index (χ1v) is 8.88. The van der Waals surface area contributed by atoms with E-state index < -0.39 is 5.41 Å². The SMILES string of the molecule is CNC1CCN(C(=O)C2(c3cccc(F)c3)CCCCC2)CC1.Cl. The van der Waals surface area contributed by atoms with Crippen LogP contribution in [0.15, 0.2) is 24.3 Å². The topological polar surface area (TPSA) is 32.3 Å². The van der Waals surface area contributed by atoms with Crippen molar-refractivity contribution < 1.29 is 9.18 Å². The average molecular weight is 355 g/mol. The summed E-state index contributed by atoms with van der Waals surface area (Å²) in [7, 11) is 1.98. The predicted octanol–water partition coefficient (Wildman–Crippen LogP) is 3.66. The Balaban J connectivity index is 0.00000208. The van der Waals surface area contributed by atoms with E-state index in [9.17, 15) is 9.18 Å². The minimum Gasteiger partial charge on any atom is -0.342 e. The Kier molecular flexibility index (Phi) is 6.64. The van der Waals surface area contributed by atoms with Crippen LogP contribution in [0, 0.1) is 5.82 Å². The van der Waals surface area contributed by atoms with Crippen molar-refractivity contribution in [2.45, 2.75) is 56.4 Å². The average Bonchev–Trinajstić information content (AvgIpc) is 2.62. The van der Waals surface area contributed by atoms with Gasteiger partial charge < -0.3 is 10.2 Å². The van der Waals surface area contributed by atoms with Gasteiger partial charge in [0.25, 0.3) is 0 Å². The second-order valence-electron chi connectivity index (χ2n) is 7.01. The van der Waals surface area contributed by atoms with Crippen LogP contribution in [-0.2, 0) is 10.2 Å². The normalized spacial score (nSPS) is 21.2. The van der Waals surface area contributed by atoms with Crippen molar-refractivity contribution in [3.8, 4) is 0 Å². The molecule has 3 nitrogen and oxygen atoms in total. The molecule has 1 aliphatic heterocycles. The monoisotopic (exact) mass is 354 g/mol. The molecule has 3 rings (SSSR count). The number of benzene rings is 1. The van der Waals surface area contributed by atoms with E-state index >= 15 is 0 Å². The van der Waals surface area contributed by atoms with Gasteiger partial charge in [0, 0.05) is 19.1 Å². The Labute approximate surface area is 150 Å². The molecule has 2 aliphatic rings. The molecule has 1 saturated carbocycles. The van der Waals surface area contributed by atoms with E-state index in [0.29, 0.717) is 6.04 Å². The smallest absolute Gasteiger partial charge is 0.233 e. The molecule has 1 aromatic carbocycles. The first-order valence-electron chi connectivity index (χ1n) is 8.88. The summed E-state index contributed by atoms with van der Waals surface area (Å²) in [5, 5.41) is 3.30. The molecule has 1 aliphatic carbocycles. The van der Waals surface area contributed by atoms with Gasteiger partial charge in [-0.25, -0.2) is 4.39 Å². The summed E-state index contributed by atoms with van der Waals surface area (Å²) in [5.41, 5.74) is 0.366. The first kappa shape index (κ1) is 19.2. The van der Waals surface area contributed by atoms with Crippen LogP contribution >= 0.6 is 12.4 Å². The summed E-state index contributed by atoms with van der Waals surface area (Å²) in [6.07, 6.45) is 6.97. The number of carbonyl (C=O) groups is 1. The van der Waals surface area contributed by atoms with E-state index in [4.69, 9.17) is 0 Å². The predicted molar refractivity (Wildman–Crippen MR) is 97.1 cm³/mol. The molecule has 0 aromatic heterocycles. The van der Waals surface area contributed by atoms with Gasteiger partial charge in [0.1, 0.15) is 5.82 Å². The molecule has 0 radical (unpaired) electrons. The van der Waals surface area contributed by atoms with Crippen LogP contribution in [0.5, 0.6) is 0 Å². The van der Waals surface area contributed by atoms with Crippen molar-refractivity contribution in [3.05, 3.63) is 35.6 Å². The molecule has 24 heavy (non-hydrogen) atoms. The Morgan fingerprint density at radius 2 is 1.88 bits per heavy atom. The van der Waals surface area contributed by atoms with Crippen molar-refractivity contribution >= 4 is 18.3 Å². The number of nitrogens with one attached hydrogen (secondary N) is 1. The van der Waals surface area contributed by atoms with Gasteiger partial charge in [-0.3, -0.25) is 4.79 Å². The third-order valence-corrected chi connectivity index (χ3v) is 5.68. The van der Waals surface area contributed by atoms with Crippen LogP contribution in [0.3, 0.4) is 0 Å². The second kappa shape index (κ2) is 8.30. The lowest BCUT2D eigenvalue weighted by atomic mass is 9.68. The molecule has 1 amide bonds. The highest BCUT2D eigenvalue weighted by Crippen LogP contribution is 2.41. The summed E-state index contributed by atoms with van der Waals surface area (Å²) in [4.78, 5) is 15.4. The molecular formula is C19H28ClFN2O. The standard InChI is InChI=1S/C19H27FN2O.ClH/c1-21-17-8-12-22(13-9-17)18(23)19(10-3-2-4-11-19)15-6-5-7-16(20)14-15;/h5-7,14,17,21H,2-4,8-13H2,1H3;1H. The minimum atomic E-state index is -0.507. The number of amides is 1. The van der Waals surface area contributed by atoms with Crippen molar-refractivity contribution in [1.29, 1.82) is 0 Å². The lowest BCUT2D eigenvalue weighted by Crippen LogP contribution is -2.52. The Bertz CT molecular complexity index is 552. The Hall–Kier alpha value is -1.13. The van der Waals surface area contributed by atoms with Gasteiger partial charge in [-0.15, -0.1) is 12.4 Å². The number of rotatable bonds is 3. The van der Waals surface area contributed by atoms with Crippen molar-refractivity contribution in [2.24, 2.45) is 0 Å². The van der Waals surface area contributed by atoms with Crippen molar-refractivity contribution in [1.82, 2.24) is 10.2 Å². The molecule has 2 fully saturated rings. The highest BCUT2D eigenvalue weighted by atomic mass is 35.5. The lowest BCUT2D eigenvalue weighted by molar-refractivity contribution is -0.140. The fraction of sp³-hybridized carbons (Fsp3) is 0.632.